The summed E-state index contributed by atoms with van der Waals surface area (Å²) in [4.78, 5) is 25.1. The van der Waals surface area contributed by atoms with Crippen molar-refractivity contribution >= 4 is 16.9 Å². The molecule has 0 radical (unpaired) electrons. The van der Waals surface area contributed by atoms with Crippen LogP contribution in [0.15, 0.2) is 75.9 Å². The predicted octanol–water partition coefficient (Wildman–Crippen LogP) is 4.42. The van der Waals surface area contributed by atoms with Crippen LogP contribution >= 0.6 is 0 Å². The van der Waals surface area contributed by atoms with E-state index in [2.05, 4.69) is 0 Å². The number of fused-ring (bicyclic) bond motifs is 2. The molecule has 0 fully saturated rings. The number of para-hydroxylation sites is 1. The molecule has 31 heavy (non-hydrogen) atoms. The zero-order chi connectivity index (χ0) is 21.4. The van der Waals surface area contributed by atoms with Gasteiger partial charge in [0, 0.05) is 11.5 Å². The number of hydrogen-bond acceptors (Lipinski definition) is 7. The third kappa shape index (κ3) is 3.46. The molecule has 7 nitrogen and oxygen atoms in total. The second-order valence-corrected chi connectivity index (χ2v) is 6.81. The molecule has 154 valence electrons. The number of carbonyl (C=O) groups excluding carboxylic acids is 1. The number of esters is 1. The summed E-state index contributed by atoms with van der Waals surface area (Å²) in [5.41, 5.74) is 1.14. The lowest BCUT2D eigenvalue weighted by Gasteiger charge is -2.09. The summed E-state index contributed by atoms with van der Waals surface area (Å²) in [5, 5.41) is 0.685. The minimum Gasteiger partial charge on any atom is -0.496 e. The summed E-state index contributed by atoms with van der Waals surface area (Å²) < 4.78 is 26.8. The first-order chi connectivity index (χ1) is 15.1. The highest BCUT2D eigenvalue weighted by Gasteiger charge is 2.17. The SMILES string of the molecule is COc1ccccc1C(=O)Oc1ccc2cc(-c3ccc4c(c3)OCO4)c(=O)oc2c1. The summed E-state index contributed by atoms with van der Waals surface area (Å²) in [6, 6.07) is 18.6. The van der Waals surface area contributed by atoms with Gasteiger partial charge in [-0.1, -0.05) is 18.2 Å². The molecule has 2 heterocycles. The number of hydrogen-bond donors (Lipinski definition) is 0. The Balaban J connectivity index is 1.46. The van der Waals surface area contributed by atoms with E-state index in [9.17, 15) is 9.59 Å². The van der Waals surface area contributed by atoms with Gasteiger partial charge in [-0.05, 0) is 48.0 Å². The molecule has 1 aliphatic heterocycles. The number of benzene rings is 3. The highest BCUT2D eigenvalue weighted by molar-refractivity contribution is 5.94. The van der Waals surface area contributed by atoms with Crippen molar-refractivity contribution in [2.24, 2.45) is 0 Å². The third-order valence-electron chi connectivity index (χ3n) is 4.93. The fraction of sp³-hybridized carbons (Fsp3) is 0.0833. The van der Waals surface area contributed by atoms with Gasteiger partial charge in [-0.15, -0.1) is 0 Å². The minimum absolute atomic E-state index is 0.154. The fourth-order valence-corrected chi connectivity index (χ4v) is 3.40. The maximum Gasteiger partial charge on any atom is 0.347 e. The molecule has 0 amide bonds. The van der Waals surface area contributed by atoms with Crippen molar-refractivity contribution in [1.29, 1.82) is 0 Å². The molecule has 1 aromatic heterocycles. The molecule has 1 aliphatic rings. The lowest BCUT2D eigenvalue weighted by Crippen LogP contribution is -2.10. The minimum atomic E-state index is -0.573. The van der Waals surface area contributed by atoms with Crippen molar-refractivity contribution < 1.29 is 28.2 Å². The molecular weight excluding hydrogens is 400 g/mol. The van der Waals surface area contributed by atoms with Gasteiger partial charge in [0.15, 0.2) is 11.5 Å². The van der Waals surface area contributed by atoms with Gasteiger partial charge in [0.1, 0.15) is 22.6 Å². The topological polar surface area (TPSA) is 84.2 Å². The van der Waals surface area contributed by atoms with E-state index in [1.807, 2.05) is 0 Å². The van der Waals surface area contributed by atoms with Crippen molar-refractivity contribution in [3.8, 4) is 34.1 Å². The molecule has 0 aliphatic carbocycles. The van der Waals surface area contributed by atoms with Crippen LogP contribution in [0.25, 0.3) is 22.1 Å². The van der Waals surface area contributed by atoms with E-state index in [4.69, 9.17) is 23.4 Å². The molecule has 0 saturated heterocycles. The van der Waals surface area contributed by atoms with E-state index in [1.165, 1.54) is 13.2 Å². The molecule has 7 heteroatoms. The Labute approximate surface area is 176 Å². The summed E-state index contributed by atoms with van der Waals surface area (Å²) in [7, 11) is 1.48. The molecule has 0 atom stereocenters. The number of ether oxygens (including phenoxy) is 4. The Morgan fingerprint density at radius 3 is 2.65 bits per heavy atom. The largest absolute Gasteiger partial charge is 0.496 e. The van der Waals surface area contributed by atoms with Crippen molar-refractivity contribution in [2.75, 3.05) is 13.9 Å². The van der Waals surface area contributed by atoms with Crippen molar-refractivity contribution in [2.45, 2.75) is 0 Å². The Morgan fingerprint density at radius 1 is 0.935 bits per heavy atom. The van der Waals surface area contributed by atoms with E-state index in [0.717, 1.165) is 0 Å². The second kappa shape index (κ2) is 7.53. The van der Waals surface area contributed by atoms with Crippen molar-refractivity contribution in [3.05, 3.63) is 82.7 Å². The van der Waals surface area contributed by atoms with Crippen LogP contribution in [0.3, 0.4) is 0 Å². The van der Waals surface area contributed by atoms with Crippen LogP contribution < -0.4 is 24.6 Å². The van der Waals surface area contributed by atoms with Gasteiger partial charge in [-0.25, -0.2) is 9.59 Å². The van der Waals surface area contributed by atoms with Gasteiger partial charge in [0.25, 0.3) is 0 Å². The van der Waals surface area contributed by atoms with Gasteiger partial charge in [-0.3, -0.25) is 0 Å². The molecule has 0 N–H and O–H groups in total. The average molecular weight is 416 g/mol. The number of methoxy groups -OCH3 is 1. The number of carbonyl (C=O) groups is 1. The van der Waals surface area contributed by atoms with Crippen LogP contribution in [0.4, 0.5) is 0 Å². The van der Waals surface area contributed by atoms with Gasteiger partial charge in [0.2, 0.25) is 6.79 Å². The van der Waals surface area contributed by atoms with Crippen LogP contribution in [0.1, 0.15) is 10.4 Å². The van der Waals surface area contributed by atoms with Crippen LogP contribution in [0.2, 0.25) is 0 Å². The Bertz CT molecular complexity index is 1370. The average Bonchev–Trinajstić information content (AvgIpc) is 3.26. The zero-order valence-corrected chi connectivity index (χ0v) is 16.4. The van der Waals surface area contributed by atoms with E-state index in [-0.39, 0.29) is 12.5 Å². The predicted molar refractivity (Wildman–Crippen MR) is 112 cm³/mol. The van der Waals surface area contributed by atoms with Gasteiger partial charge in [-0.2, -0.15) is 0 Å². The van der Waals surface area contributed by atoms with E-state index >= 15 is 0 Å². The van der Waals surface area contributed by atoms with Crippen molar-refractivity contribution in [1.82, 2.24) is 0 Å². The number of rotatable bonds is 4. The second-order valence-electron chi connectivity index (χ2n) is 6.81. The smallest absolute Gasteiger partial charge is 0.347 e. The molecule has 0 spiro atoms. The summed E-state index contributed by atoms with van der Waals surface area (Å²) in [6.45, 7) is 0.154. The maximum atomic E-state index is 12.6. The van der Waals surface area contributed by atoms with Crippen LogP contribution in [-0.2, 0) is 0 Å². The van der Waals surface area contributed by atoms with Gasteiger partial charge in [0.05, 0.1) is 12.7 Å². The first kappa shape index (κ1) is 18.7. The van der Waals surface area contributed by atoms with Crippen molar-refractivity contribution in [3.63, 3.8) is 0 Å². The standard InChI is InChI=1S/C24H16O7/c1-27-19-5-3-2-4-17(19)23(25)30-16-8-6-15-10-18(24(26)31-21(15)12-16)14-7-9-20-22(11-14)29-13-28-20/h2-12H,13H2,1H3. The van der Waals surface area contributed by atoms with E-state index in [1.54, 1.807) is 60.7 Å². The lowest BCUT2D eigenvalue weighted by atomic mass is 10.1. The molecule has 4 aromatic rings. The molecular formula is C24H16O7. The first-order valence-electron chi connectivity index (χ1n) is 9.45. The highest BCUT2D eigenvalue weighted by Crippen LogP contribution is 2.36. The Kier molecular flexibility index (Phi) is 4.55. The Morgan fingerprint density at radius 2 is 1.77 bits per heavy atom. The van der Waals surface area contributed by atoms with Crippen LogP contribution in [0.5, 0.6) is 23.0 Å². The van der Waals surface area contributed by atoms with E-state index in [0.29, 0.717) is 44.9 Å². The van der Waals surface area contributed by atoms with Gasteiger partial charge < -0.3 is 23.4 Å². The Hall–Kier alpha value is -4.26. The third-order valence-corrected chi connectivity index (χ3v) is 4.93. The van der Waals surface area contributed by atoms with Gasteiger partial charge >= 0.3 is 11.6 Å². The molecule has 0 unspecified atom stereocenters. The maximum absolute atomic E-state index is 12.6. The molecule has 0 bridgehead atoms. The monoisotopic (exact) mass is 416 g/mol. The highest BCUT2D eigenvalue weighted by atomic mass is 16.7. The summed E-state index contributed by atoms with van der Waals surface area (Å²) in [6.07, 6.45) is 0. The first-order valence-corrected chi connectivity index (χ1v) is 9.45. The van der Waals surface area contributed by atoms with Crippen LogP contribution in [-0.4, -0.2) is 19.9 Å². The van der Waals surface area contributed by atoms with Crippen LogP contribution in [0, 0.1) is 0 Å². The normalized spacial score (nSPS) is 12.0. The summed E-state index contributed by atoms with van der Waals surface area (Å²) >= 11 is 0. The quantitative estimate of drug-likeness (QED) is 0.277. The lowest BCUT2D eigenvalue weighted by molar-refractivity contribution is 0.0731. The molecule has 0 saturated carbocycles. The molecule has 3 aromatic carbocycles. The van der Waals surface area contributed by atoms with E-state index < -0.39 is 11.6 Å². The molecule has 5 rings (SSSR count). The zero-order valence-electron chi connectivity index (χ0n) is 16.4. The summed E-state index contributed by atoms with van der Waals surface area (Å²) in [5.74, 6) is 1.30. The fourth-order valence-electron chi connectivity index (χ4n) is 3.40.